The zero-order valence-electron chi connectivity index (χ0n) is 13.3. The molecule has 0 aliphatic heterocycles. The Kier molecular flexibility index (Phi) is 6.03. The number of thiophene rings is 1. The maximum Gasteiger partial charge on any atom is 0.331 e. The number of hydrogen-bond acceptors (Lipinski definition) is 5. The van der Waals surface area contributed by atoms with Crippen molar-refractivity contribution in [2.24, 2.45) is 0 Å². The number of carbonyl (C=O) groups is 3. The van der Waals surface area contributed by atoms with Crippen molar-refractivity contribution in [1.29, 1.82) is 0 Å². The Balaban J connectivity index is 1.91. The van der Waals surface area contributed by atoms with Gasteiger partial charge >= 0.3 is 5.97 Å². The standard InChI is InChI=1S/C18H17NO4S/c1-12(20)14-5-3-6-15(11-14)19-18(22)13(2)23-17(21)9-8-16-7-4-10-24-16/h3-11,13H,1-2H3,(H,19,22). The molecule has 1 atom stereocenters. The fourth-order valence-corrected chi connectivity index (χ4v) is 2.48. The van der Waals surface area contributed by atoms with Gasteiger partial charge in [0.05, 0.1) is 0 Å². The number of hydrogen-bond donors (Lipinski definition) is 1. The first-order valence-corrected chi connectivity index (χ1v) is 8.18. The second-order valence-corrected chi connectivity index (χ2v) is 6.03. The number of carbonyl (C=O) groups excluding carboxylic acids is 3. The molecule has 24 heavy (non-hydrogen) atoms. The van der Waals surface area contributed by atoms with Gasteiger partial charge in [-0.2, -0.15) is 0 Å². The van der Waals surface area contributed by atoms with E-state index in [0.717, 1.165) is 4.88 Å². The number of ketones is 1. The highest BCUT2D eigenvalue weighted by molar-refractivity contribution is 7.10. The molecule has 1 N–H and O–H groups in total. The summed E-state index contributed by atoms with van der Waals surface area (Å²) < 4.78 is 5.06. The molecule has 0 radical (unpaired) electrons. The molecule has 2 rings (SSSR count). The van der Waals surface area contributed by atoms with Gasteiger partial charge in [0.15, 0.2) is 11.9 Å². The van der Waals surface area contributed by atoms with Crippen molar-refractivity contribution in [2.75, 3.05) is 5.32 Å². The first kappa shape index (κ1) is 17.6. The lowest BCUT2D eigenvalue weighted by Gasteiger charge is -2.12. The molecule has 0 aliphatic rings. The quantitative estimate of drug-likeness (QED) is 0.495. The smallest absolute Gasteiger partial charge is 0.331 e. The van der Waals surface area contributed by atoms with Crippen LogP contribution in [0.2, 0.25) is 0 Å². The van der Waals surface area contributed by atoms with E-state index in [1.54, 1.807) is 30.3 Å². The minimum absolute atomic E-state index is 0.0933. The van der Waals surface area contributed by atoms with Gasteiger partial charge in [-0.05, 0) is 43.5 Å². The number of benzene rings is 1. The van der Waals surface area contributed by atoms with Gasteiger partial charge in [0.2, 0.25) is 0 Å². The summed E-state index contributed by atoms with van der Waals surface area (Å²) in [4.78, 5) is 36.1. The van der Waals surface area contributed by atoms with Gasteiger partial charge in [-0.1, -0.05) is 18.2 Å². The molecule has 0 saturated carbocycles. The summed E-state index contributed by atoms with van der Waals surface area (Å²) in [6.07, 6.45) is 1.96. The largest absolute Gasteiger partial charge is 0.449 e. The predicted octanol–water partition coefficient (Wildman–Crippen LogP) is 3.53. The molecular formula is C18H17NO4S. The molecule has 2 aromatic rings. The first-order valence-electron chi connectivity index (χ1n) is 7.30. The summed E-state index contributed by atoms with van der Waals surface area (Å²) >= 11 is 1.49. The average Bonchev–Trinajstić information content (AvgIpc) is 3.06. The van der Waals surface area contributed by atoms with Gasteiger partial charge in [0.25, 0.3) is 5.91 Å². The van der Waals surface area contributed by atoms with Crippen LogP contribution < -0.4 is 5.32 Å². The Morgan fingerprint density at radius 3 is 2.67 bits per heavy atom. The van der Waals surface area contributed by atoms with E-state index >= 15 is 0 Å². The Morgan fingerprint density at radius 1 is 1.21 bits per heavy atom. The number of rotatable bonds is 6. The number of ether oxygens (including phenoxy) is 1. The summed E-state index contributed by atoms with van der Waals surface area (Å²) in [7, 11) is 0. The topological polar surface area (TPSA) is 72.5 Å². The highest BCUT2D eigenvalue weighted by Gasteiger charge is 2.17. The molecular weight excluding hydrogens is 326 g/mol. The summed E-state index contributed by atoms with van der Waals surface area (Å²) in [5, 5.41) is 4.52. The molecule has 0 spiro atoms. The van der Waals surface area contributed by atoms with Gasteiger partial charge in [0, 0.05) is 22.2 Å². The van der Waals surface area contributed by atoms with E-state index in [9.17, 15) is 14.4 Å². The average molecular weight is 343 g/mol. The van der Waals surface area contributed by atoms with Gasteiger partial charge in [-0.25, -0.2) is 4.79 Å². The summed E-state index contributed by atoms with van der Waals surface area (Å²) in [6, 6.07) is 10.3. The van der Waals surface area contributed by atoms with Crippen molar-refractivity contribution in [3.8, 4) is 0 Å². The van der Waals surface area contributed by atoms with E-state index in [0.29, 0.717) is 11.3 Å². The number of Topliss-reactive ketones (excluding diaryl/α,β-unsaturated/α-hetero) is 1. The van der Waals surface area contributed by atoms with Crippen LogP contribution in [0.4, 0.5) is 5.69 Å². The zero-order chi connectivity index (χ0) is 17.5. The van der Waals surface area contributed by atoms with Gasteiger partial charge in [-0.3, -0.25) is 9.59 Å². The maximum absolute atomic E-state index is 12.1. The van der Waals surface area contributed by atoms with Crippen LogP contribution in [0.1, 0.15) is 29.1 Å². The third-order valence-corrected chi connectivity index (χ3v) is 3.96. The second-order valence-electron chi connectivity index (χ2n) is 5.05. The van der Waals surface area contributed by atoms with Crippen LogP contribution in [0, 0.1) is 0 Å². The summed E-state index contributed by atoms with van der Waals surface area (Å²) in [6.45, 7) is 2.94. The Bertz CT molecular complexity index is 765. The zero-order valence-corrected chi connectivity index (χ0v) is 14.1. The Hall–Kier alpha value is -2.73. The van der Waals surface area contributed by atoms with Crippen LogP contribution in [0.25, 0.3) is 6.08 Å². The van der Waals surface area contributed by atoms with E-state index in [1.165, 1.54) is 31.3 Å². The van der Waals surface area contributed by atoms with Gasteiger partial charge < -0.3 is 10.1 Å². The Labute approximate surface area is 144 Å². The van der Waals surface area contributed by atoms with E-state index < -0.39 is 18.0 Å². The fourth-order valence-electron chi connectivity index (χ4n) is 1.86. The molecule has 5 nitrogen and oxygen atoms in total. The van der Waals surface area contributed by atoms with Crippen molar-refractivity contribution >= 4 is 40.8 Å². The molecule has 0 fully saturated rings. The SMILES string of the molecule is CC(=O)c1cccc(NC(=O)C(C)OC(=O)C=Cc2cccs2)c1. The minimum atomic E-state index is -0.952. The normalized spacial score (nSPS) is 11.9. The molecule has 1 heterocycles. The van der Waals surface area contributed by atoms with Crippen LogP contribution in [0.5, 0.6) is 0 Å². The number of nitrogens with one attached hydrogen (secondary N) is 1. The number of amides is 1. The summed E-state index contributed by atoms with van der Waals surface area (Å²) in [5.41, 5.74) is 0.973. The highest BCUT2D eigenvalue weighted by Crippen LogP contribution is 2.13. The molecule has 0 saturated heterocycles. The third-order valence-electron chi connectivity index (χ3n) is 3.13. The second kappa shape index (κ2) is 8.21. The molecule has 1 unspecified atom stereocenters. The van der Waals surface area contributed by atoms with Crippen LogP contribution in [0.3, 0.4) is 0 Å². The van der Waals surface area contributed by atoms with Crippen molar-refractivity contribution in [2.45, 2.75) is 20.0 Å². The molecule has 0 bridgehead atoms. The lowest BCUT2D eigenvalue weighted by atomic mass is 10.1. The molecule has 0 aliphatic carbocycles. The fraction of sp³-hybridized carbons (Fsp3) is 0.167. The van der Waals surface area contributed by atoms with Crippen LogP contribution in [-0.2, 0) is 14.3 Å². The third kappa shape index (κ3) is 5.17. The number of esters is 1. The van der Waals surface area contributed by atoms with Crippen LogP contribution in [-0.4, -0.2) is 23.8 Å². The van der Waals surface area contributed by atoms with Gasteiger partial charge in [-0.15, -0.1) is 11.3 Å². The lowest BCUT2D eigenvalue weighted by Crippen LogP contribution is -2.29. The lowest BCUT2D eigenvalue weighted by molar-refractivity contribution is -0.148. The maximum atomic E-state index is 12.1. The Morgan fingerprint density at radius 2 is 2.00 bits per heavy atom. The van der Waals surface area contributed by atoms with Gasteiger partial charge in [0.1, 0.15) is 0 Å². The van der Waals surface area contributed by atoms with Crippen molar-refractivity contribution in [3.63, 3.8) is 0 Å². The monoisotopic (exact) mass is 343 g/mol. The van der Waals surface area contributed by atoms with E-state index in [1.807, 2.05) is 17.5 Å². The van der Waals surface area contributed by atoms with Crippen LogP contribution in [0.15, 0.2) is 47.9 Å². The highest BCUT2D eigenvalue weighted by atomic mass is 32.1. The van der Waals surface area contributed by atoms with Crippen molar-refractivity contribution in [1.82, 2.24) is 0 Å². The molecule has 6 heteroatoms. The van der Waals surface area contributed by atoms with Crippen molar-refractivity contribution in [3.05, 3.63) is 58.3 Å². The van der Waals surface area contributed by atoms with Crippen molar-refractivity contribution < 1.29 is 19.1 Å². The van der Waals surface area contributed by atoms with Crippen LogP contribution >= 0.6 is 11.3 Å². The predicted molar refractivity (Wildman–Crippen MR) is 94.0 cm³/mol. The van der Waals surface area contributed by atoms with E-state index in [2.05, 4.69) is 5.32 Å². The van der Waals surface area contributed by atoms with E-state index in [-0.39, 0.29) is 5.78 Å². The molecule has 1 amide bonds. The minimum Gasteiger partial charge on any atom is -0.449 e. The summed E-state index contributed by atoms with van der Waals surface area (Å²) in [5.74, 6) is -1.15. The molecule has 124 valence electrons. The van der Waals surface area contributed by atoms with E-state index in [4.69, 9.17) is 4.74 Å². The number of anilines is 1. The first-order chi connectivity index (χ1) is 11.5. The molecule has 1 aromatic carbocycles. The molecule has 1 aromatic heterocycles.